The van der Waals surface area contributed by atoms with Crippen molar-refractivity contribution in [3.05, 3.63) is 59.7 Å². The van der Waals surface area contributed by atoms with E-state index in [1.807, 2.05) is 0 Å². The molecule has 0 saturated heterocycles. The Hall–Kier alpha value is -2.24. The molecule has 6 heteroatoms. The predicted octanol–water partition coefficient (Wildman–Crippen LogP) is 2.75. The molecule has 0 aliphatic rings. The van der Waals surface area contributed by atoms with Crippen molar-refractivity contribution in [2.24, 2.45) is 0 Å². The molecule has 2 aromatic rings. The summed E-state index contributed by atoms with van der Waals surface area (Å²) in [5.74, 6) is -0.610. The van der Waals surface area contributed by atoms with Crippen LogP contribution in [0, 0.1) is 0 Å². The van der Waals surface area contributed by atoms with Gasteiger partial charge in [0.15, 0.2) is 0 Å². The highest BCUT2D eigenvalue weighted by atomic mass is 19.4. The van der Waals surface area contributed by atoms with Crippen molar-refractivity contribution in [3.8, 4) is 0 Å². The Kier molecular flexibility index (Phi) is 3.83. The molecule has 2 nitrogen and oxygen atoms in total. The maximum atomic E-state index is 12.6. The lowest BCUT2D eigenvalue weighted by atomic mass is 9.96. The smallest absolute Gasteiger partial charge is 0.322 e. The summed E-state index contributed by atoms with van der Waals surface area (Å²) in [7, 11) is 5.50. The fourth-order valence-corrected chi connectivity index (χ4v) is 1.61. The number of nitrogens with one attached hydrogen (secondary N) is 1. The number of amides is 1. The summed E-state index contributed by atoms with van der Waals surface area (Å²) in [6.45, 7) is 0. The summed E-state index contributed by atoms with van der Waals surface area (Å²) >= 11 is 0. The highest BCUT2D eigenvalue weighted by Gasteiger charge is 2.30. The van der Waals surface area contributed by atoms with E-state index in [-0.39, 0.29) is 5.56 Å². The van der Waals surface area contributed by atoms with Crippen LogP contribution in [0.5, 0.6) is 0 Å². The van der Waals surface area contributed by atoms with E-state index < -0.39 is 17.6 Å². The number of alkyl halides is 3. The Morgan fingerprint density at radius 2 is 1.70 bits per heavy atom. The Balaban J connectivity index is 2.19. The largest absolute Gasteiger partial charge is 0.416 e. The molecule has 0 aliphatic heterocycles. The number of benzene rings is 2. The average Bonchev–Trinajstić information content (AvgIpc) is 2.40. The van der Waals surface area contributed by atoms with Gasteiger partial charge in [0.25, 0.3) is 5.91 Å². The first-order valence-corrected chi connectivity index (χ1v) is 5.70. The Morgan fingerprint density at radius 3 is 2.30 bits per heavy atom. The van der Waals surface area contributed by atoms with Crippen LogP contribution >= 0.6 is 0 Å². The third kappa shape index (κ3) is 3.41. The van der Waals surface area contributed by atoms with Crippen LogP contribution < -0.4 is 10.8 Å². The molecule has 0 spiro atoms. The number of hydrogen-bond acceptors (Lipinski definition) is 1. The summed E-state index contributed by atoms with van der Waals surface area (Å²) in [6.07, 6.45) is -4.47. The molecule has 2 aromatic carbocycles. The molecular weight excluding hydrogens is 266 g/mol. The van der Waals surface area contributed by atoms with Crippen LogP contribution in [0.1, 0.15) is 15.9 Å². The minimum atomic E-state index is -4.47. The molecule has 0 bridgehead atoms. The van der Waals surface area contributed by atoms with E-state index in [0.29, 0.717) is 11.2 Å². The molecule has 0 fully saturated rings. The molecular formula is C14H9BF3NO. The van der Waals surface area contributed by atoms with E-state index in [4.69, 9.17) is 7.85 Å². The summed E-state index contributed by atoms with van der Waals surface area (Å²) < 4.78 is 37.7. The van der Waals surface area contributed by atoms with Crippen LogP contribution in [0.15, 0.2) is 48.5 Å². The number of rotatable bonds is 2. The minimum absolute atomic E-state index is 0.0587. The molecule has 0 saturated carbocycles. The van der Waals surface area contributed by atoms with Gasteiger partial charge in [0, 0.05) is 11.3 Å². The molecule has 0 aromatic heterocycles. The Morgan fingerprint density at radius 1 is 1.05 bits per heavy atom. The lowest BCUT2D eigenvalue weighted by Crippen LogP contribution is -2.14. The summed E-state index contributed by atoms with van der Waals surface area (Å²) in [5, 5.41) is 2.50. The zero-order chi connectivity index (χ0) is 14.8. The molecule has 100 valence electrons. The van der Waals surface area contributed by atoms with Gasteiger partial charge in [0.2, 0.25) is 0 Å². The minimum Gasteiger partial charge on any atom is -0.322 e. The molecule has 0 heterocycles. The van der Waals surface area contributed by atoms with E-state index in [0.717, 1.165) is 12.1 Å². The highest BCUT2D eigenvalue weighted by molar-refractivity contribution is 6.32. The van der Waals surface area contributed by atoms with Crippen LogP contribution in [0.2, 0.25) is 0 Å². The van der Waals surface area contributed by atoms with Gasteiger partial charge in [-0.25, -0.2) is 0 Å². The number of halogens is 3. The molecule has 1 N–H and O–H groups in total. The van der Waals surface area contributed by atoms with Gasteiger partial charge < -0.3 is 5.32 Å². The lowest BCUT2D eigenvalue weighted by molar-refractivity contribution is -0.137. The zero-order valence-electron chi connectivity index (χ0n) is 10.2. The van der Waals surface area contributed by atoms with Gasteiger partial charge in [-0.15, -0.1) is 0 Å². The molecule has 0 aliphatic carbocycles. The van der Waals surface area contributed by atoms with Crippen molar-refractivity contribution in [3.63, 3.8) is 0 Å². The first-order valence-electron chi connectivity index (χ1n) is 5.70. The second kappa shape index (κ2) is 5.40. The second-order valence-electron chi connectivity index (χ2n) is 4.15. The van der Waals surface area contributed by atoms with Gasteiger partial charge in [-0.05, 0) is 30.3 Å². The third-order valence-electron chi connectivity index (χ3n) is 2.62. The molecule has 2 rings (SSSR count). The van der Waals surface area contributed by atoms with Gasteiger partial charge in [0.05, 0.1) is 5.56 Å². The van der Waals surface area contributed by atoms with Crippen LogP contribution in [0.3, 0.4) is 0 Å². The first-order chi connectivity index (χ1) is 9.36. The van der Waals surface area contributed by atoms with Gasteiger partial charge in [-0.3, -0.25) is 4.79 Å². The van der Waals surface area contributed by atoms with E-state index in [9.17, 15) is 18.0 Å². The number of carbonyl (C=O) groups excluding carboxylic acids is 1. The third-order valence-corrected chi connectivity index (χ3v) is 2.62. The monoisotopic (exact) mass is 275 g/mol. The van der Waals surface area contributed by atoms with Crippen LogP contribution in [-0.4, -0.2) is 13.8 Å². The van der Waals surface area contributed by atoms with E-state index >= 15 is 0 Å². The topological polar surface area (TPSA) is 29.1 Å². The molecule has 2 radical (unpaired) electrons. The Labute approximate surface area is 115 Å². The normalized spacial score (nSPS) is 11.2. The fraction of sp³-hybridized carbons (Fsp3) is 0.0714. The number of carbonyl (C=O) groups is 1. The van der Waals surface area contributed by atoms with Crippen molar-refractivity contribution in [1.29, 1.82) is 0 Å². The maximum Gasteiger partial charge on any atom is 0.416 e. The maximum absolute atomic E-state index is 12.6. The number of anilines is 1. The van der Waals surface area contributed by atoms with Gasteiger partial charge >= 0.3 is 6.18 Å². The van der Waals surface area contributed by atoms with Crippen molar-refractivity contribution in [2.45, 2.75) is 6.18 Å². The standard InChI is InChI=1S/C14H9BF3NO/c15-11-4-6-12(7-5-11)19-13(20)9-2-1-3-10(8-9)14(16,17)18/h1-8H,(H,19,20). The Bertz CT molecular complexity index is 623. The van der Waals surface area contributed by atoms with Crippen LogP contribution in [0.4, 0.5) is 18.9 Å². The van der Waals surface area contributed by atoms with Gasteiger partial charge in [-0.1, -0.05) is 23.7 Å². The second-order valence-corrected chi connectivity index (χ2v) is 4.15. The SMILES string of the molecule is [B]c1ccc(NC(=O)c2cccc(C(F)(F)F)c2)cc1. The van der Waals surface area contributed by atoms with Gasteiger partial charge in [0.1, 0.15) is 7.85 Å². The molecule has 0 atom stereocenters. The van der Waals surface area contributed by atoms with E-state index in [1.54, 1.807) is 24.3 Å². The average molecular weight is 275 g/mol. The quantitative estimate of drug-likeness (QED) is 0.839. The van der Waals surface area contributed by atoms with Crippen molar-refractivity contribution in [2.75, 3.05) is 5.32 Å². The van der Waals surface area contributed by atoms with Crippen molar-refractivity contribution in [1.82, 2.24) is 0 Å². The van der Waals surface area contributed by atoms with Crippen molar-refractivity contribution < 1.29 is 18.0 Å². The van der Waals surface area contributed by atoms with Gasteiger partial charge in [-0.2, -0.15) is 13.2 Å². The van der Waals surface area contributed by atoms with Crippen molar-refractivity contribution >= 4 is 24.9 Å². The summed E-state index contributed by atoms with van der Waals surface area (Å²) in [6, 6.07) is 10.6. The number of hydrogen-bond donors (Lipinski definition) is 1. The van der Waals surface area contributed by atoms with E-state index in [1.165, 1.54) is 12.1 Å². The predicted molar refractivity (Wildman–Crippen MR) is 71.2 cm³/mol. The molecule has 0 unspecified atom stereocenters. The highest BCUT2D eigenvalue weighted by Crippen LogP contribution is 2.29. The zero-order valence-corrected chi connectivity index (χ0v) is 10.2. The fourth-order valence-electron chi connectivity index (χ4n) is 1.61. The van der Waals surface area contributed by atoms with Crippen LogP contribution in [-0.2, 0) is 6.18 Å². The summed E-state index contributed by atoms with van der Waals surface area (Å²) in [4.78, 5) is 11.9. The lowest BCUT2D eigenvalue weighted by Gasteiger charge is -2.09. The first kappa shape index (κ1) is 14.2. The van der Waals surface area contributed by atoms with Crippen LogP contribution in [0.25, 0.3) is 0 Å². The molecule has 1 amide bonds. The summed E-state index contributed by atoms with van der Waals surface area (Å²) in [5.41, 5.74) is 0.0720. The van der Waals surface area contributed by atoms with E-state index in [2.05, 4.69) is 5.32 Å². The molecule has 20 heavy (non-hydrogen) atoms.